The van der Waals surface area contributed by atoms with E-state index in [4.69, 9.17) is 9.47 Å². The minimum absolute atomic E-state index is 0.0618. The summed E-state index contributed by atoms with van der Waals surface area (Å²) in [4.78, 5) is 28.9. The van der Waals surface area contributed by atoms with Crippen LogP contribution in [-0.4, -0.2) is 60.4 Å². The molecule has 0 saturated carbocycles. The summed E-state index contributed by atoms with van der Waals surface area (Å²) < 4.78 is 10.7. The Bertz CT molecular complexity index is 863. The van der Waals surface area contributed by atoms with Gasteiger partial charge in [0.15, 0.2) is 0 Å². The van der Waals surface area contributed by atoms with Crippen molar-refractivity contribution in [1.29, 1.82) is 0 Å². The van der Waals surface area contributed by atoms with E-state index in [2.05, 4.69) is 0 Å². The summed E-state index contributed by atoms with van der Waals surface area (Å²) in [5, 5.41) is -0.124. The summed E-state index contributed by atoms with van der Waals surface area (Å²) in [7, 11) is 3.28. The highest BCUT2D eigenvalue weighted by atomic mass is 32.2. The van der Waals surface area contributed by atoms with Crippen LogP contribution in [0.15, 0.2) is 48.5 Å². The average molecular weight is 445 g/mol. The van der Waals surface area contributed by atoms with Crippen LogP contribution in [0.1, 0.15) is 21.9 Å². The number of nitrogens with zero attached hydrogens (tertiary/aromatic N) is 2. The monoisotopic (exact) mass is 444 g/mol. The third kappa shape index (κ3) is 4.25. The molecule has 2 saturated heterocycles. The molecule has 0 bridgehead atoms. The van der Waals surface area contributed by atoms with Crippen molar-refractivity contribution < 1.29 is 19.1 Å². The number of rotatable bonds is 7. The van der Waals surface area contributed by atoms with Gasteiger partial charge in [0.2, 0.25) is 11.8 Å². The molecule has 2 aliphatic rings. The SMILES string of the molecule is COc1cccc([C@H]2SCC(=O)N2CCN2C(=O)CS[C@H]2c2cccc(OC)c2)c1. The topological polar surface area (TPSA) is 59.1 Å². The Hall–Kier alpha value is -2.32. The quantitative estimate of drug-likeness (QED) is 0.651. The Morgan fingerprint density at radius 2 is 1.23 bits per heavy atom. The molecule has 0 N–H and O–H groups in total. The molecule has 2 aromatic rings. The summed E-state index contributed by atoms with van der Waals surface area (Å²) in [6, 6.07) is 15.6. The Balaban J connectivity index is 1.49. The van der Waals surface area contributed by atoms with Crippen molar-refractivity contribution in [2.45, 2.75) is 10.7 Å². The van der Waals surface area contributed by atoms with Gasteiger partial charge in [0.1, 0.15) is 22.2 Å². The summed E-state index contributed by atoms with van der Waals surface area (Å²) in [5.41, 5.74) is 2.08. The van der Waals surface area contributed by atoms with E-state index >= 15 is 0 Å². The number of hydrogen-bond acceptors (Lipinski definition) is 6. The lowest BCUT2D eigenvalue weighted by Gasteiger charge is -2.29. The number of benzene rings is 2. The lowest BCUT2D eigenvalue weighted by Crippen LogP contribution is -2.39. The van der Waals surface area contributed by atoms with E-state index in [1.807, 2.05) is 58.3 Å². The molecule has 0 radical (unpaired) electrons. The average Bonchev–Trinajstić information content (AvgIpc) is 3.34. The molecule has 0 spiro atoms. The first-order chi connectivity index (χ1) is 14.6. The zero-order valence-electron chi connectivity index (χ0n) is 16.9. The molecule has 0 aliphatic carbocycles. The van der Waals surface area contributed by atoms with Crippen LogP contribution in [-0.2, 0) is 9.59 Å². The molecule has 2 fully saturated rings. The Labute approximate surface area is 184 Å². The van der Waals surface area contributed by atoms with Gasteiger partial charge in [-0.3, -0.25) is 9.59 Å². The molecule has 8 heteroatoms. The minimum Gasteiger partial charge on any atom is -0.497 e. The van der Waals surface area contributed by atoms with Gasteiger partial charge in [0.25, 0.3) is 0 Å². The van der Waals surface area contributed by atoms with Gasteiger partial charge >= 0.3 is 0 Å². The largest absolute Gasteiger partial charge is 0.497 e. The van der Waals surface area contributed by atoms with E-state index in [-0.39, 0.29) is 22.6 Å². The van der Waals surface area contributed by atoms with Crippen LogP contribution < -0.4 is 9.47 Å². The van der Waals surface area contributed by atoms with Gasteiger partial charge in [-0.2, -0.15) is 0 Å². The second kappa shape index (κ2) is 9.22. The van der Waals surface area contributed by atoms with Crippen molar-refractivity contribution in [1.82, 2.24) is 9.80 Å². The van der Waals surface area contributed by atoms with E-state index in [1.54, 1.807) is 37.7 Å². The molecule has 6 nitrogen and oxygen atoms in total. The van der Waals surface area contributed by atoms with Gasteiger partial charge in [-0.1, -0.05) is 24.3 Å². The highest BCUT2D eigenvalue weighted by molar-refractivity contribution is 8.00. The lowest BCUT2D eigenvalue weighted by molar-refractivity contribution is -0.132. The van der Waals surface area contributed by atoms with Gasteiger partial charge in [0, 0.05) is 13.1 Å². The molecular formula is C22H24N2O4S2. The van der Waals surface area contributed by atoms with Crippen LogP contribution in [0.4, 0.5) is 0 Å². The van der Waals surface area contributed by atoms with Gasteiger partial charge < -0.3 is 19.3 Å². The number of amides is 2. The first-order valence-electron chi connectivity index (χ1n) is 9.71. The standard InChI is InChI=1S/C22H24N2O4S2/c1-27-17-7-3-5-15(11-17)21-23(19(25)13-29-21)9-10-24-20(26)14-30-22(24)16-6-4-8-18(12-16)28-2/h3-8,11-12,21-22H,9-10,13-14H2,1-2H3/t21-,22+. The van der Waals surface area contributed by atoms with E-state index < -0.39 is 0 Å². The predicted octanol–water partition coefficient (Wildman–Crippen LogP) is 3.55. The molecule has 2 aromatic carbocycles. The summed E-state index contributed by atoms with van der Waals surface area (Å²) in [6.45, 7) is 1.00. The Kier molecular flexibility index (Phi) is 6.43. The molecule has 0 unspecified atom stereocenters. The number of carbonyl (C=O) groups excluding carboxylic acids is 2. The fourth-order valence-electron chi connectivity index (χ4n) is 3.75. The smallest absolute Gasteiger partial charge is 0.233 e. The molecule has 2 atom stereocenters. The van der Waals surface area contributed by atoms with Gasteiger partial charge in [0.05, 0.1) is 25.7 Å². The Morgan fingerprint density at radius 1 is 0.800 bits per heavy atom. The van der Waals surface area contributed by atoms with Crippen LogP contribution in [0.5, 0.6) is 11.5 Å². The molecule has 2 amide bonds. The number of hydrogen-bond donors (Lipinski definition) is 0. The highest BCUT2D eigenvalue weighted by Crippen LogP contribution is 2.42. The zero-order valence-corrected chi connectivity index (χ0v) is 18.6. The van der Waals surface area contributed by atoms with Crippen molar-refractivity contribution in [2.75, 3.05) is 38.8 Å². The summed E-state index contributed by atoms with van der Waals surface area (Å²) in [6.07, 6.45) is 0. The normalized spacial score (nSPS) is 21.4. The maximum Gasteiger partial charge on any atom is 0.233 e. The number of carbonyl (C=O) groups is 2. The minimum atomic E-state index is -0.0618. The molecule has 30 heavy (non-hydrogen) atoms. The predicted molar refractivity (Wildman–Crippen MR) is 120 cm³/mol. The van der Waals surface area contributed by atoms with Crippen LogP contribution >= 0.6 is 23.5 Å². The summed E-state index contributed by atoms with van der Waals surface area (Å²) >= 11 is 3.22. The van der Waals surface area contributed by atoms with E-state index in [1.165, 1.54) is 0 Å². The third-order valence-corrected chi connectivity index (χ3v) is 7.79. The van der Waals surface area contributed by atoms with Crippen molar-refractivity contribution >= 4 is 35.3 Å². The first-order valence-corrected chi connectivity index (χ1v) is 11.8. The molecule has 2 heterocycles. The molecule has 4 rings (SSSR count). The maximum absolute atomic E-state index is 12.6. The van der Waals surface area contributed by atoms with E-state index in [0.29, 0.717) is 24.6 Å². The van der Waals surface area contributed by atoms with Crippen molar-refractivity contribution in [3.63, 3.8) is 0 Å². The highest BCUT2D eigenvalue weighted by Gasteiger charge is 2.37. The molecule has 2 aliphatic heterocycles. The van der Waals surface area contributed by atoms with Crippen LogP contribution in [0, 0.1) is 0 Å². The fraction of sp³-hybridized carbons (Fsp3) is 0.364. The first kappa shape index (κ1) is 20.9. The van der Waals surface area contributed by atoms with Crippen LogP contribution in [0.3, 0.4) is 0 Å². The second-order valence-corrected chi connectivity index (χ2v) is 9.19. The van der Waals surface area contributed by atoms with Gasteiger partial charge in [-0.25, -0.2) is 0 Å². The van der Waals surface area contributed by atoms with Gasteiger partial charge in [-0.05, 0) is 35.4 Å². The number of thioether (sulfide) groups is 2. The van der Waals surface area contributed by atoms with E-state index in [9.17, 15) is 9.59 Å². The number of ether oxygens (including phenoxy) is 2. The van der Waals surface area contributed by atoms with Crippen molar-refractivity contribution in [3.05, 3.63) is 59.7 Å². The van der Waals surface area contributed by atoms with Crippen molar-refractivity contribution in [3.8, 4) is 11.5 Å². The third-order valence-electron chi connectivity index (χ3n) is 5.28. The lowest BCUT2D eigenvalue weighted by atomic mass is 10.2. The van der Waals surface area contributed by atoms with E-state index in [0.717, 1.165) is 22.6 Å². The zero-order chi connectivity index (χ0) is 21.1. The molecule has 0 aromatic heterocycles. The fourth-order valence-corrected chi connectivity index (χ4v) is 6.17. The van der Waals surface area contributed by atoms with Gasteiger partial charge in [-0.15, -0.1) is 23.5 Å². The second-order valence-electron chi connectivity index (χ2n) is 7.05. The molecular weight excluding hydrogens is 420 g/mol. The Morgan fingerprint density at radius 3 is 1.63 bits per heavy atom. The van der Waals surface area contributed by atoms with Crippen molar-refractivity contribution in [2.24, 2.45) is 0 Å². The summed E-state index contributed by atoms with van der Waals surface area (Å²) in [5.74, 6) is 2.65. The maximum atomic E-state index is 12.6. The molecule has 158 valence electrons. The van der Waals surface area contributed by atoms with Crippen LogP contribution in [0.2, 0.25) is 0 Å². The van der Waals surface area contributed by atoms with Crippen LogP contribution in [0.25, 0.3) is 0 Å². The number of methoxy groups -OCH3 is 2.